The lowest BCUT2D eigenvalue weighted by atomic mass is 9.80. The predicted molar refractivity (Wildman–Crippen MR) is 97.2 cm³/mol. The number of anilines is 1. The summed E-state index contributed by atoms with van der Waals surface area (Å²) in [6.45, 7) is 2.92. The van der Waals surface area contributed by atoms with Crippen molar-refractivity contribution in [1.82, 2.24) is 4.90 Å². The number of nitrogens with zero attached hydrogens (tertiary/aromatic N) is 1. The number of carbonyl (C=O) groups excluding carboxylic acids is 1. The number of ether oxygens (including phenoxy) is 1. The Hall–Kier alpha value is -1.69. The van der Waals surface area contributed by atoms with Gasteiger partial charge >= 0.3 is 0 Å². The van der Waals surface area contributed by atoms with Crippen molar-refractivity contribution in [2.45, 2.75) is 12.0 Å². The van der Waals surface area contributed by atoms with Crippen molar-refractivity contribution in [1.29, 1.82) is 0 Å². The zero-order valence-corrected chi connectivity index (χ0v) is 14.8. The van der Waals surface area contributed by atoms with Crippen LogP contribution in [0.3, 0.4) is 0 Å². The van der Waals surface area contributed by atoms with E-state index in [1.54, 1.807) is 0 Å². The molecule has 0 aromatic heterocycles. The van der Waals surface area contributed by atoms with E-state index in [-0.39, 0.29) is 17.9 Å². The third-order valence-electron chi connectivity index (χ3n) is 4.79. The number of halogens is 1. The van der Waals surface area contributed by atoms with Crippen molar-refractivity contribution in [2.24, 2.45) is 0 Å². The number of nitrogens with one attached hydrogen (secondary N) is 1. The van der Waals surface area contributed by atoms with Crippen molar-refractivity contribution in [2.75, 3.05) is 31.6 Å². The van der Waals surface area contributed by atoms with Crippen LogP contribution in [-0.4, -0.2) is 43.2 Å². The smallest absolute Gasteiger partial charge is 0.242 e. The Labute approximate surface area is 149 Å². The van der Waals surface area contributed by atoms with Crippen LogP contribution in [0.5, 0.6) is 0 Å². The molecule has 1 saturated heterocycles. The summed E-state index contributed by atoms with van der Waals surface area (Å²) in [6.07, 6.45) is 0. The zero-order valence-electron chi connectivity index (χ0n) is 13.2. The zero-order chi connectivity index (χ0) is 16.5. The number of amides is 1. The van der Waals surface area contributed by atoms with E-state index in [2.05, 4.69) is 44.3 Å². The lowest BCUT2D eigenvalue weighted by molar-refractivity contribution is -0.124. The summed E-state index contributed by atoms with van der Waals surface area (Å²) >= 11 is 3.58. The molecule has 2 aromatic carbocycles. The maximum absolute atomic E-state index is 12.9. The van der Waals surface area contributed by atoms with E-state index in [0.717, 1.165) is 28.8 Å². The highest BCUT2D eigenvalue weighted by molar-refractivity contribution is 9.10. The molecular weight excluding hydrogens is 368 g/mol. The first kappa shape index (κ1) is 15.8. The van der Waals surface area contributed by atoms with Crippen LogP contribution in [0.25, 0.3) is 0 Å². The van der Waals surface area contributed by atoms with E-state index >= 15 is 0 Å². The fourth-order valence-corrected chi connectivity index (χ4v) is 4.07. The molecule has 4 nitrogen and oxygen atoms in total. The Morgan fingerprint density at radius 3 is 2.58 bits per heavy atom. The predicted octanol–water partition coefficient (Wildman–Crippen LogP) is 3.23. The fourth-order valence-electron chi connectivity index (χ4n) is 3.69. The second kappa shape index (κ2) is 6.67. The number of fused-ring (bicyclic) bond motifs is 1. The fraction of sp³-hybridized carbons (Fsp3) is 0.316. The highest BCUT2D eigenvalue weighted by Crippen LogP contribution is 2.40. The molecule has 0 bridgehead atoms. The van der Waals surface area contributed by atoms with Gasteiger partial charge in [-0.3, -0.25) is 9.69 Å². The van der Waals surface area contributed by atoms with E-state index in [9.17, 15) is 4.79 Å². The van der Waals surface area contributed by atoms with Gasteiger partial charge in [0.15, 0.2) is 0 Å². The van der Waals surface area contributed by atoms with Gasteiger partial charge in [-0.15, -0.1) is 0 Å². The van der Waals surface area contributed by atoms with E-state index < -0.39 is 0 Å². The number of morpholine rings is 1. The molecule has 0 radical (unpaired) electrons. The van der Waals surface area contributed by atoms with Crippen LogP contribution < -0.4 is 5.32 Å². The van der Waals surface area contributed by atoms with Crippen molar-refractivity contribution in [3.05, 3.63) is 64.1 Å². The summed E-state index contributed by atoms with van der Waals surface area (Å²) in [4.78, 5) is 15.2. The first-order valence-corrected chi connectivity index (χ1v) is 9.00. The molecule has 1 amide bonds. The van der Waals surface area contributed by atoms with Gasteiger partial charge in [-0.25, -0.2) is 0 Å². The average molecular weight is 387 g/mol. The Bertz CT molecular complexity index is 744. The molecule has 24 heavy (non-hydrogen) atoms. The Balaban J connectivity index is 1.83. The van der Waals surface area contributed by atoms with Gasteiger partial charge in [-0.2, -0.15) is 0 Å². The maximum Gasteiger partial charge on any atom is 0.242 e. The third-order valence-corrected chi connectivity index (χ3v) is 5.28. The lowest BCUT2D eigenvalue weighted by Gasteiger charge is -2.41. The Kier molecular flexibility index (Phi) is 4.39. The number of rotatable bonds is 2. The second-order valence-corrected chi connectivity index (χ2v) is 7.12. The van der Waals surface area contributed by atoms with Gasteiger partial charge in [-0.05, 0) is 29.3 Å². The molecule has 2 aliphatic heterocycles. The van der Waals surface area contributed by atoms with Gasteiger partial charge in [-0.1, -0.05) is 46.3 Å². The van der Waals surface area contributed by atoms with Crippen molar-refractivity contribution >= 4 is 27.5 Å². The Morgan fingerprint density at radius 2 is 1.83 bits per heavy atom. The summed E-state index contributed by atoms with van der Waals surface area (Å²) in [6, 6.07) is 16.2. The Morgan fingerprint density at radius 1 is 1.08 bits per heavy atom. The largest absolute Gasteiger partial charge is 0.379 e. The molecule has 2 aliphatic rings. The van der Waals surface area contributed by atoms with Crippen LogP contribution in [0.2, 0.25) is 0 Å². The van der Waals surface area contributed by atoms with E-state index in [4.69, 9.17) is 4.74 Å². The highest BCUT2D eigenvalue weighted by Gasteiger charge is 2.40. The maximum atomic E-state index is 12.9. The minimum Gasteiger partial charge on any atom is -0.379 e. The number of hydrogen-bond donors (Lipinski definition) is 1. The summed E-state index contributed by atoms with van der Waals surface area (Å²) in [5.74, 6) is 0.0890. The van der Waals surface area contributed by atoms with Gasteiger partial charge in [0.1, 0.15) is 6.04 Å². The highest BCUT2D eigenvalue weighted by atomic mass is 79.9. The molecule has 5 heteroatoms. The van der Waals surface area contributed by atoms with Gasteiger partial charge < -0.3 is 10.1 Å². The number of hydrogen-bond acceptors (Lipinski definition) is 3. The first-order valence-electron chi connectivity index (χ1n) is 8.21. The average Bonchev–Trinajstić information content (AvgIpc) is 2.62. The third kappa shape index (κ3) is 2.88. The van der Waals surface area contributed by atoms with Gasteiger partial charge in [0, 0.05) is 29.2 Å². The van der Waals surface area contributed by atoms with Crippen molar-refractivity contribution < 1.29 is 9.53 Å². The SMILES string of the molecule is O=C1Nc2ccc(Br)cc2[C@@H](c2ccccc2)[C@H]1N1CCOCC1. The number of carbonyl (C=O) groups is 1. The van der Waals surface area contributed by atoms with Crippen LogP contribution >= 0.6 is 15.9 Å². The van der Waals surface area contributed by atoms with Crippen LogP contribution in [0, 0.1) is 0 Å². The molecule has 0 unspecified atom stereocenters. The van der Waals surface area contributed by atoms with Crippen LogP contribution in [0.4, 0.5) is 5.69 Å². The minimum absolute atomic E-state index is 0.0190. The van der Waals surface area contributed by atoms with Gasteiger partial charge in [0.05, 0.1) is 13.2 Å². The van der Waals surface area contributed by atoms with Gasteiger partial charge in [0.2, 0.25) is 5.91 Å². The van der Waals surface area contributed by atoms with Crippen LogP contribution in [0.15, 0.2) is 53.0 Å². The summed E-state index contributed by atoms with van der Waals surface area (Å²) in [5, 5.41) is 3.09. The van der Waals surface area contributed by atoms with Gasteiger partial charge in [0.25, 0.3) is 0 Å². The minimum atomic E-state index is -0.210. The monoisotopic (exact) mass is 386 g/mol. The standard InChI is InChI=1S/C19H19BrN2O2/c20-14-6-7-16-15(12-14)17(13-4-2-1-3-5-13)18(19(23)21-16)22-8-10-24-11-9-22/h1-7,12,17-18H,8-11H2,(H,21,23)/t17-,18-/m1/s1. The second-order valence-electron chi connectivity index (χ2n) is 6.20. The molecule has 0 spiro atoms. The molecule has 1 N–H and O–H groups in total. The molecule has 124 valence electrons. The van der Waals surface area contributed by atoms with Crippen LogP contribution in [-0.2, 0) is 9.53 Å². The normalized spacial score (nSPS) is 24.3. The van der Waals surface area contributed by atoms with E-state index in [1.165, 1.54) is 5.56 Å². The molecule has 0 saturated carbocycles. The van der Waals surface area contributed by atoms with E-state index in [1.807, 2.05) is 30.3 Å². The number of benzene rings is 2. The molecule has 1 fully saturated rings. The summed E-state index contributed by atoms with van der Waals surface area (Å²) in [7, 11) is 0. The molecule has 2 heterocycles. The quantitative estimate of drug-likeness (QED) is 0.861. The molecular formula is C19H19BrN2O2. The summed E-state index contributed by atoms with van der Waals surface area (Å²) < 4.78 is 6.50. The van der Waals surface area contributed by atoms with E-state index in [0.29, 0.717) is 13.2 Å². The molecule has 2 aromatic rings. The van der Waals surface area contributed by atoms with Crippen molar-refractivity contribution in [3.63, 3.8) is 0 Å². The molecule has 4 rings (SSSR count). The summed E-state index contributed by atoms with van der Waals surface area (Å²) in [5.41, 5.74) is 3.23. The lowest BCUT2D eigenvalue weighted by Crippen LogP contribution is -2.54. The topological polar surface area (TPSA) is 41.6 Å². The first-order chi connectivity index (χ1) is 11.7. The molecule has 2 atom stereocenters. The van der Waals surface area contributed by atoms with Crippen molar-refractivity contribution in [3.8, 4) is 0 Å². The molecule has 0 aliphatic carbocycles. The van der Waals surface area contributed by atoms with Crippen LogP contribution in [0.1, 0.15) is 17.0 Å².